The summed E-state index contributed by atoms with van der Waals surface area (Å²) in [6.07, 6.45) is 3.12. The maximum absolute atomic E-state index is 10.8. The van der Waals surface area contributed by atoms with Crippen LogP contribution in [0.1, 0.15) is 0 Å². The lowest BCUT2D eigenvalue weighted by Gasteiger charge is -1.95. The van der Waals surface area contributed by atoms with E-state index in [0.717, 1.165) is 0 Å². The number of halogens is 1. The Bertz CT molecular complexity index is 264. The molecule has 1 aromatic rings. The molecule has 1 aromatic heterocycles. The van der Waals surface area contributed by atoms with Crippen LogP contribution in [0.5, 0.6) is 0 Å². The van der Waals surface area contributed by atoms with Crippen molar-refractivity contribution in [2.45, 2.75) is 5.03 Å². The van der Waals surface area contributed by atoms with Gasteiger partial charge in [-0.1, -0.05) is 11.6 Å². The van der Waals surface area contributed by atoms with Crippen LogP contribution in [0.25, 0.3) is 0 Å². The molecule has 1 rings (SSSR count). The molecule has 0 N–H and O–H groups in total. The molecule has 1 atom stereocenters. The Balaban J connectivity index is 3.15. The molecule has 0 spiro atoms. The molecule has 0 fully saturated rings. The van der Waals surface area contributed by atoms with Gasteiger partial charge in [-0.25, -0.2) is 4.98 Å². The Hall–Kier alpha value is -0.410. The van der Waals surface area contributed by atoms with E-state index in [1.165, 1.54) is 0 Å². The van der Waals surface area contributed by atoms with E-state index < -0.39 is 10.8 Å². The van der Waals surface area contributed by atoms with Crippen LogP contribution >= 0.6 is 11.6 Å². The van der Waals surface area contributed by atoms with Gasteiger partial charge in [0.15, 0.2) is 0 Å². The molecule has 0 saturated carbocycles. The van der Waals surface area contributed by atoms with Gasteiger partial charge >= 0.3 is 0 Å². The number of hydrogen-bond donors (Lipinski definition) is 0. The third kappa shape index (κ3) is 1.55. The molecule has 0 radical (unpaired) electrons. The van der Waals surface area contributed by atoms with E-state index in [1.54, 1.807) is 24.6 Å². The zero-order chi connectivity index (χ0) is 7.56. The molecule has 0 aliphatic heterocycles. The highest BCUT2D eigenvalue weighted by molar-refractivity contribution is 7.84. The first-order valence-corrected chi connectivity index (χ1v) is 4.59. The largest absolute Gasteiger partial charge is 0.253 e. The fourth-order valence-corrected chi connectivity index (χ4v) is 1.58. The third-order valence-electron chi connectivity index (χ3n) is 0.997. The lowest BCUT2D eigenvalue weighted by molar-refractivity contribution is 0.684. The molecule has 0 bridgehead atoms. The predicted molar refractivity (Wildman–Crippen MR) is 41.6 cm³/mol. The van der Waals surface area contributed by atoms with Crippen LogP contribution in [0.15, 0.2) is 23.4 Å². The lowest BCUT2D eigenvalue weighted by Crippen LogP contribution is -1.91. The highest BCUT2D eigenvalue weighted by atomic mass is 35.5. The zero-order valence-corrected chi connectivity index (χ0v) is 6.95. The Morgan fingerprint density at radius 1 is 1.70 bits per heavy atom. The van der Waals surface area contributed by atoms with Crippen molar-refractivity contribution < 1.29 is 4.21 Å². The van der Waals surface area contributed by atoms with Crippen molar-refractivity contribution in [3.8, 4) is 0 Å². The Kier molecular flexibility index (Phi) is 2.40. The number of aromatic nitrogens is 1. The van der Waals surface area contributed by atoms with Crippen molar-refractivity contribution in [3.05, 3.63) is 23.4 Å². The lowest BCUT2D eigenvalue weighted by atomic mass is 10.5. The van der Waals surface area contributed by atoms with Crippen LogP contribution in [-0.4, -0.2) is 15.4 Å². The van der Waals surface area contributed by atoms with Crippen LogP contribution in [0.3, 0.4) is 0 Å². The minimum absolute atomic E-state index is 0.448. The van der Waals surface area contributed by atoms with E-state index in [9.17, 15) is 4.21 Å². The first-order valence-electron chi connectivity index (χ1n) is 2.66. The molecule has 0 amide bonds. The van der Waals surface area contributed by atoms with Gasteiger partial charge < -0.3 is 0 Å². The van der Waals surface area contributed by atoms with Crippen LogP contribution in [-0.2, 0) is 10.8 Å². The van der Waals surface area contributed by atoms with Crippen molar-refractivity contribution in [1.29, 1.82) is 0 Å². The highest BCUT2D eigenvalue weighted by Crippen LogP contribution is 2.14. The summed E-state index contributed by atoms with van der Waals surface area (Å²) < 4.78 is 10.8. The summed E-state index contributed by atoms with van der Waals surface area (Å²) >= 11 is 5.66. The minimum atomic E-state index is -1.08. The van der Waals surface area contributed by atoms with E-state index in [4.69, 9.17) is 11.6 Å². The van der Waals surface area contributed by atoms with Gasteiger partial charge in [0.05, 0.1) is 15.8 Å². The van der Waals surface area contributed by atoms with Gasteiger partial charge in [0.25, 0.3) is 0 Å². The standard InChI is InChI=1S/C6H6ClNOS/c1-10(9)6-5(7)3-2-4-8-6/h2-4H,1H3. The van der Waals surface area contributed by atoms with Gasteiger partial charge in [0, 0.05) is 12.5 Å². The van der Waals surface area contributed by atoms with Gasteiger partial charge in [0.1, 0.15) is 5.03 Å². The van der Waals surface area contributed by atoms with E-state index in [0.29, 0.717) is 10.0 Å². The summed E-state index contributed by atoms with van der Waals surface area (Å²) in [6, 6.07) is 3.38. The van der Waals surface area contributed by atoms with Crippen molar-refractivity contribution in [2.75, 3.05) is 6.26 Å². The maximum atomic E-state index is 10.8. The molecule has 0 aromatic carbocycles. The third-order valence-corrected chi connectivity index (χ3v) is 2.28. The molecule has 10 heavy (non-hydrogen) atoms. The molecule has 0 aliphatic rings. The Morgan fingerprint density at radius 2 is 2.40 bits per heavy atom. The molecule has 2 nitrogen and oxygen atoms in total. The number of rotatable bonds is 1. The second-order valence-electron chi connectivity index (χ2n) is 1.74. The summed E-state index contributed by atoms with van der Waals surface area (Å²) in [4.78, 5) is 3.85. The van der Waals surface area contributed by atoms with Gasteiger partial charge in [-0.3, -0.25) is 4.21 Å². The fourth-order valence-electron chi connectivity index (χ4n) is 0.583. The summed E-state index contributed by atoms with van der Waals surface area (Å²) in [5.41, 5.74) is 0. The average Bonchev–Trinajstić information content (AvgIpc) is 1.88. The highest BCUT2D eigenvalue weighted by Gasteiger charge is 2.02. The number of pyridine rings is 1. The van der Waals surface area contributed by atoms with E-state index >= 15 is 0 Å². The van der Waals surface area contributed by atoms with Crippen LogP contribution < -0.4 is 0 Å². The molecule has 1 unspecified atom stereocenters. The summed E-state index contributed by atoms with van der Waals surface area (Å²) in [5.74, 6) is 0. The summed E-state index contributed by atoms with van der Waals surface area (Å²) in [6.45, 7) is 0. The SMILES string of the molecule is CS(=O)c1ncccc1Cl. The Morgan fingerprint density at radius 3 is 2.80 bits per heavy atom. The molecule has 0 aliphatic carbocycles. The fraction of sp³-hybridized carbons (Fsp3) is 0.167. The molecule has 54 valence electrons. The van der Waals surface area contributed by atoms with Crippen molar-refractivity contribution in [1.82, 2.24) is 4.98 Å². The summed E-state index contributed by atoms with van der Waals surface area (Å²) in [5, 5.41) is 0.910. The first-order chi connectivity index (χ1) is 4.72. The number of hydrogen-bond acceptors (Lipinski definition) is 2. The second-order valence-corrected chi connectivity index (χ2v) is 3.45. The van der Waals surface area contributed by atoms with Crippen molar-refractivity contribution in [2.24, 2.45) is 0 Å². The van der Waals surface area contributed by atoms with E-state index in [-0.39, 0.29) is 0 Å². The van der Waals surface area contributed by atoms with E-state index in [1.807, 2.05) is 0 Å². The van der Waals surface area contributed by atoms with Gasteiger partial charge in [-0.15, -0.1) is 0 Å². The molecular formula is C6H6ClNOS. The quantitative estimate of drug-likeness (QED) is 0.647. The van der Waals surface area contributed by atoms with Crippen LogP contribution in [0, 0.1) is 0 Å². The minimum Gasteiger partial charge on any atom is -0.253 e. The van der Waals surface area contributed by atoms with Crippen LogP contribution in [0.2, 0.25) is 5.02 Å². The second kappa shape index (κ2) is 3.12. The normalized spacial score (nSPS) is 13.0. The average molecular weight is 176 g/mol. The Labute approximate surface area is 66.7 Å². The van der Waals surface area contributed by atoms with Crippen LogP contribution in [0.4, 0.5) is 0 Å². The monoisotopic (exact) mass is 175 g/mol. The maximum Gasteiger partial charge on any atom is 0.145 e. The smallest absolute Gasteiger partial charge is 0.145 e. The van der Waals surface area contributed by atoms with Gasteiger partial charge in [-0.2, -0.15) is 0 Å². The molecule has 0 saturated heterocycles. The molecule has 4 heteroatoms. The van der Waals surface area contributed by atoms with Gasteiger partial charge in [0.2, 0.25) is 0 Å². The van der Waals surface area contributed by atoms with E-state index in [2.05, 4.69) is 4.98 Å². The number of nitrogens with zero attached hydrogens (tertiary/aromatic N) is 1. The molecule has 1 heterocycles. The topological polar surface area (TPSA) is 30.0 Å². The van der Waals surface area contributed by atoms with Gasteiger partial charge in [-0.05, 0) is 12.1 Å². The first kappa shape index (κ1) is 7.69. The summed E-state index contributed by atoms with van der Waals surface area (Å²) in [7, 11) is -1.08. The van der Waals surface area contributed by atoms with Crippen molar-refractivity contribution in [3.63, 3.8) is 0 Å². The zero-order valence-electron chi connectivity index (χ0n) is 5.37. The predicted octanol–water partition coefficient (Wildman–Crippen LogP) is 1.47. The van der Waals surface area contributed by atoms with Crippen molar-refractivity contribution >= 4 is 22.4 Å². The molecular weight excluding hydrogens is 170 g/mol.